The topological polar surface area (TPSA) is 47.7 Å². The lowest BCUT2D eigenvalue weighted by molar-refractivity contribution is 0.231. The van der Waals surface area contributed by atoms with E-state index in [2.05, 4.69) is 11.9 Å². The molecule has 0 aliphatic carbocycles. The largest absolute Gasteiger partial charge is 0.496 e. The quantitative estimate of drug-likeness (QED) is 0.869. The second-order valence-electron chi connectivity index (χ2n) is 5.57. The first-order chi connectivity index (χ1) is 9.63. The van der Waals surface area contributed by atoms with Gasteiger partial charge >= 0.3 is 0 Å². The van der Waals surface area contributed by atoms with Gasteiger partial charge in [-0.05, 0) is 51.9 Å². The van der Waals surface area contributed by atoms with Crippen molar-refractivity contribution in [2.24, 2.45) is 5.73 Å². The minimum absolute atomic E-state index is 0.102. The van der Waals surface area contributed by atoms with Crippen LogP contribution in [-0.4, -0.2) is 38.3 Å². The van der Waals surface area contributed by atoms with Crippen LogP contribution >= 0.6 is 0 Å². The molecule has 1 aromatic rings. The van der Waals surface area contributed by atoms with Crippen LogP contribution in [0.4, 0.5) is 0 Å². The summed E-state index contributed by atoms with van der Waals surface area (Å²) in [7, 11) is 3.86. The van der Waals surface area contributed by atoms with Crippen LogP contribution in [0.2, 0.25) is 0 Å². The summed E-state index contributed by atoms with van der Waals surface area (Å²) in [5, 5.41) is 0. The first-order valence-electron chi connectivity index (χ1n) is 7.39. The third-order valence-corrected chi connectivity index (χ3v) is 4.08. The van der Waals surface area contributed by atoms with Crippen molar-refractivity contribution in [1.29, 1.82) is 0 Å². The SMILES string of the molecule is COc1cccc(OCCC2CCCN2C)c1[C@H](C)N. The standard InChI is InChI=1S/C16H26N2O2/c1-12(17)16-14(19-3)7-4-8-15(16)20-11-9-13-6-5-10-18(13)2/h4,7-8,12-13H,5-6,9-11,17H2,1-3H3/t12-,13?/m0/s1. The molecule has 2 atom stereocenters. The number of rotatable bonds is 6. The van der Waals surface area contributed by atoms with E-state index in [1.807, 2.05) is 25.1 Å². The number of methoxy groups -OCH3 is 1. The van der Waals surface area contributed by atoms with E-state index in [0.717, 1.165) is 30.1 Å². The lowest BCUT2D eigenvalue weighted by atomic mass is 10.1. The highest BCUT2D eigenvalue weighted by Gasteiger charge is 2.21. The van der Waals surface area contributed by atoms with Crippen LogP contribution in [0.5, 0.6) is 11.5 Å². The monoisotopic (exact) mass is 278 g/mol. The van der Waals surface area contributed by atoms with Gasteiger partial charge < -0.3 is 20.1 Å². The Kier molecular flexibility index (Phi) is 5.26. The molecule has 1 unspecified atom stereocenters. The van der Waals surface area contributed by atoms with E-state index >= 15 is 0 Å². The summed E-state index contributed by atoms with van der Waals surface area (Å²) in [5.41, 5.74) is 6.99. The third-order valence-electron chi connectivity index (χ3n) is 4.08. The zero-order chi connectivity index (χ0) is 14.5. The van der Waals surface area contributed by atoms with E-state index in [-0.39, 0.29) is 6.04 Å². The van der Waals surface area contributed by atoms with Crippen molar-refractivity contribution in [3.8, 4) is 11.5 Å². The van der Waals surface area contributed by atoms with E-state index in [4.69, 9.17) is 15.2 Å². The molecule has 1 aromatic carbocycles. The number of nitrogens with two attached hydrogens (primary N) is 1. The lowest BCUT2D eigenvalue weighted by Gasteiger charge is -2.21. The van der Waals surface area contributed by atoms with Crippen molar-refractivity contribution in [2.75, 3.05) is 27.3 Å². The Bertz CT molecular complexity index is 434. The van der Waals surface area contributed by atoms with E-state index in [0.29, 0.717) is 6.04 Å². The number of ether oxygens (including phenoxy) is 2. The van der Waals surface area contributed by atoms with Gasteiger partial charge in [-0.1, -0.05) is 6.07 Å². The Hall–Kier alpha value is -1.26. The summed E-state index contributed by atoms with van der Waals surface area (Å²) in [6.45, 7) is 3.88. The zero-order valence-electron chi connectivity index (χ0n) is 12.8. The predicted molar refractivity (Wildman–Crippen MR) is 81.4 cm³/mol. The fourth-order valence-electron chi connectivity index (χ4n) is 2.93. The molecule has 2 rings (SSSR count). The molecule has 0 saturated carbocycles. The smallest absolute Gasteiger partial charge is 0.127 e. The van der Waals surface area contributed by atoms with Crippen LogP contribution in [0, 0.1) is 0 Å². The molecule has 0 bridgehead atoms. The molecule has 4 heteroatoms. The number of nitrogens with zero attached hydrogens (tertiary/aromatic N) is 1. The van der Waals surface area contributed by atoms with Gasteiger partial charge in [-0.25, -0.2) is 0 Å². The van der Waals surface area contributed by atoms with Crippen LogP contribution in [0.15, 0.2) is 18.2 Å². The maximum atomic E-state index is 6.04. The molecule has 1 heterocycles. The maximum Gasteiger partial charge on any atom is 0.127 e. The Morgan fingerprint density at radius 2 is 2.15 bits per heavy atom. The van der Waals surface area contributed by atoms with Crippen molar-refractivity contribution in [2.45, 2.75) is 38.3 Å². The van der Waals surface area contributed by atoms with Crippen molar-refractivity contribution < 1.29 is 9.47 Å². The highest BCUT2D eigenvalue weighted by molar-refractivity contribution is 5.46. The fraction of sp³-hybridized carbons (Fsp3) is 0.625. The fourth-order valence-corrected chi connectivity index (χ4v) is 2.93. The van der Waals surface area contributed by atoms with Crippen LogP contribution in [0.1, 0.15) is 37.8 Å². The Balaban J connectivity index is 1.98. The molecule has 2 N–H and O–H groups in total. The van der Waals surface area contributed by atoms with Gasteiger partial charge in [0.25, 0.3) is 0 Å². The number of likely N-dealkylation sites (tertiary alicyclic amines) is 1. The molecular weight excluding hydrogens is 252 g/mol. The van der Waals surface area contributed by atoms with Crippen molar-refractivity contribution in [3.05, 3.63) is 23.8 Å². The zero-order valence-corrected chi connectivity index (χ0v) is 12.8. The summed E-state index contributed by atoms with van der Waals surface area (Å²) in [5.74, 6) is 1.65. The molecule has 0 spiro atoms. The van der Waals surface area contributed by atoms with Gasteiger partial charge in [-0.2, -0.15) is 0 Å². The average molecular weight is 278 g/mol. The van der Waals surface area contributed by atoms with E-state index in [1.54, 1.807) is 7.11 Å². The van der Waals surface area contributed by atoms with Crippen molar-refractivity contribution in [3.63, 3.8) is 0 Å². The summed E-state index contributed by atoms with van der Waals surface area (Å²) >= 11 is 0. The molecule has 4 nitrogen and oxygen atoms in total. The Labute approximate surface area is 121 Å². The van der Waals surface area contributed by atoms with E-state index in [9.17, 15) is 0 Å². The third kappa shape index (κ3) is 3.44. The van der Waals surface area contributed by atoms with Gasteiger partial charge in [0, 0.05) is 12.1 Å². The highest BCUT2D eigenvalue weighted by Crippen LogP contribution is 2.33. The molecule has 1 aliphatic rings. The minimum Gasteiger partial charge on any atom is -0.496 e. The highest BCUT2D eigenvalue weighted by atomic mass is 16.5. The minimum atomic E-state index is -0.102. The normalized spacial score (nSPS) is 20.9. The molecule has 0 aromatic heterocycles. The van der Waals surface area contributed by atoms with Crippen LogP contribution in [0.3, 0.4) is 0 Å². The molecular formula is C16H26N2O2. The lowest BCUT2D eigenvalue weighted by Crippen LogP contribution is -2.26. The average Bonchev–Trinajstić information content (AvgIpc) is 2.84. The van der Waals surface area contributed by atoms with E-state index < -0.39 is 0 Å². The summed E-state index contributed by atoms with van der Waals surface area (Å²) in [6, 6.07) is 6.40. The molecule has 1 saturated heterocycles. The van der Waals surface area contributed by atoms with Crippen LogP contribution < -0.4 is 15.2 Å². The second-order valence-corrected chi connectivity index (χ2v) is 5.57. The first kappa shape index (κ1) is 15.1. The Morgan fingerprint density at radius 1 is 1.40 bits per heavy atom. The summed E-state index contributed by atoms with van der Waals surface area (Å²) < 4.78 is 11.3. The first-order valence-corrected chi connectivity index (χ1v) is 7.39. The van der Waals surface area contributed by atoms with Gasteiger partial charge in [0.15, 0.2) is 0 Å². The molecule has 0 radical (unpaired) electrons. The molecule has 112 valence electrons. The molecule has 20 heavy (non-hydrogen) atoms. The number of benzene rings is 1. The van der Waals surface area contributed by atoms with Crippen molar-refractivity contribution in [1.82, 2.24) is 4.90 Å². The molecule has 1 fully saturated rings. The van der Waals surface area contributed by atoms with Crippen molar-refractivity contribution >= 4 is 0 Å². The van der Waals surface area contributed by atoms with Crippen LogP contribution in [-0.2, 0) is 0 Å². The molecule has 0 amide bonds. The molecule has 1 aliphatic heterocycles. The second kappa shape index (κ2) is 6.95. The number of hydrogen-bond donors (Lipinski definition) is 1. The maximum absolute atomic E-state index is 6.04. The van der Waals surface area contributed by atoms with Gasteiger partial charge in [-0.3, -0.25) is 0 Å². The summed E-state index contributed by atoms with van der Waals surface area (Å²) in [4.78, 5) is 2.42. The van der Waals surface area contributed by atoms with E-state index in [1.165, 1.54) is 19.4 Å². The Morgan fingerprint density at radius 3 is 2.75 bits per heavy atom. The summed E-state index contributed by atoms with van der Waals surface area (Å²) in [6.07, 6.45) is 3.63. The van der Waals surface area contributed by atoms with Gasteiger partial charge in [0.1, 0.15) is 11.5 Å². The predicted octanol–water partition coefficient (Wildman–Crippen LogP) is 2.58. The number of hydrogen-bond acceptors (Lipinski definition) is 4. The van der Waals surface area contributed by atoms with Gasteiger partial charge in [0.05, 0.1) is 19.3 Å². The van der Waals surface area contributed by atoms with Gasteiger partial charge in [0.2, 0.25) is 0 Å². The van der Waals surface area contributed by atoms with Crippen LogP contribution in [0.25, 0.3) is 0 Å². The van der Waals surface area contributed by atoms with Gasteiger partial charge in [-0.15, -0.1) is 0 Å².